The first-order valence-corrected chi connectivity index (χ1v) is 8.47. The van der Waals surface area contributed by atoms with Gasteiger partial charge < -0.3 is 5.32 Å². The van der Waals surface area contributed by atoms with E-state index in [4.69, 9.17) is 0 Å². The smallest absolute Gasteiger partial charge is 0.168 e. The predicted molar refractivity (Wildman–Crippen MR) is 95.5 cm³/mol. The van der Waals surface area contributed by atoms with Crippen molar-refractivity contribution in [1.29, 1.82) is 0 Å². The monoisotopic (exact) mass is 336 g/mol. The first-order valence-electron chi connectivity index (χ1n) is 7.65. The lowest BCUT2D eigenvalue weighted by atomic mass is 10.3. The Morgan fingerprint density at radius 2 is 1.92 bits per heavy atom. The molecule has 0 spiro atoms. The lowest BCUT2D eigenvalue weighted by molar-refractivity contribution is 0.860. The van der Waals surface area contributed by atoms with E-state index in [9.17, 15) is 0 Å². The lowest BCUT2D eigenvalue weighted by Gasteiger charge is -2.12. The zero-order chi connectivity index (χ0) is 16.5. The van der Waals surface area contributed by atoms with Crippen LogP contribution in [0.2, 0.25) is 0 Å². The van der Waals surface area contributed by atoms with Crippen molar-refractivity contribution in [3.63, 3.8) is 0 Å². The quantitative estimate of drug-likeness (QED) is 0.614. The molecule has 0 saturated heterocycles. The maximum atomic E-state index is 4.47. The number of benzene rings is 1. The molecule has 7 heteroatoms. The molecular weight excluding hydrogens is 320 g/mol. The minimum atomic E-state index is 0.0712. The van der Waals surface area contributed by atoms with Crippen molar-refractivity contribution in [1.82, 2.24) is 24.7 Å². The minimum absolute atomic E-state index is 0.0712. The van der Waals surface area contributed by atoms with E-state index in [1.807, 2.05) is 41.2 Å². The molecule has 0 amide bonds. The number of aromatic nitrogens is 5. The molecule has 4 aromatic rings. The molecule has 0 saturated carbocycles. The zero-order valence-electron chi connectivity index (χ0n) is 13.3. The third kappa shape index (κ3) is 2.63. The fraction of sp³-hybridized carbons (Fsp3) is 0.176. The van der Waals surface area contributed by atoms with Gasteiger partial charge in [0.15, 0.2) is 5.65 Å². The number of para-hydroxylation sites is 1. The van der Waals surface area contributed by atoms with Gasteiger partial charge in [0, 0.05) is 11.1 Å². The second-order valence-corrected chi connectivity index (χ2v) is 6.79. The number of anilines is 1. The van der Waals surface area contributed by atoms with Gasteiger partial charge in [0.1, 0.15) is 17.2 Å². The summed E-state index contributed by atoms with van der Waals surface area (Å²) in [7, 11) is 0. The van der Waals surface area contributed by atoms with Gasteiger partial charge in [0.05, 0.1) is 23.3 Å². The van der Waals surface area contributed by atoms with Crippen molar-refractivity contribution < 1.29 is 0 Å². The number of fused-ring (bicyclic) bond motifs is 1. The summed E-state index contributed by atoms with van der Waals surface area (Å²) in [5.41, 5.74) is 1.75. The molecule has 0 aliphatic carbocycles. The van der Waals surface area contributed by atoms with Crippen LogP contribution in [0.3, 0.4) is 0 Å². The van der Waals surface area contributed by atoms with Crippen molar-refractivity contribution in [3.05, 3.63) is 58.9 Å². The van der Waals surface area contributed by atoms with Gasteiger partial charge in [0.25, 0.3) is 0 Å². The summed E-state index contributed by atoms with van der Waals surface area (Å²) < 4.78 is 1.82. The number of nitrogens with zero attached hydrogens (tertiary/aromatic N) is 5. The number of thiazole rings is 1. The molecule has 1 aromatic carbocycles. The summed E-state index contributed by atoms with van der Waals surface area (Å²) >= 11 is 1.68. The Balaban J connectivity index is 1.71. The van der Waals surface area contributed by atoms with Gasteiger partial charge in [-0.1, -0.05) is 18.2 Å². The molecule has 6 nitrogen and oxygen atoms in total. The Labute approximate surface area is 143 Å². The summed E-state index contributed by atoms with van der Waals surface area (Å²) in [6, 6.07) is 10.0. The molecular formula is C17H16N6S. The van der Waals surface area contributed by atoms with E-state index in [2.05, 4.69) is 39.2 Å². The number of hydrogen-bond acceptors (Lipinski definition) is 6. The Morgan fingerprint density at radius 3 is 2.67 bits per heavy atom. The fourth-order valence-corrected chi connectivity index (χ4v) is 3.33. The standard InChI is InChI=1S/C17H16N6S/c1-11-8-18-17(24-11)12(2)22-15-14-9-21-23(16(14)20-10-19-15)13-6-4-3-5-7-13/h3-10,12H,1-2H3,(H,19,20,22). The van der Waals surface area contributed by atoms with Gasteiger partial charge >= 0.3 is 0 Å². The molecule has 0 radical (unpaired) electrons. The number of hydrogen-bond donors (Lipinski definition) is 1. The summed E-state index contributed by atoms with van der Waals surface area (Å²) in [5.74, 6) is 0.766. The van der Waals surface area contributed by atoms with Crippen LogP contribution in [0.5, 0.6) is 0 Å². The summed E-state index contributed by atoms with van der Waals surface area (Å²) in [4.78, 5) is 14.4. The maximum absolute atomic E-state index is 4.47. The Bertz CT molecular complexity index is 975. The predicted octanol–water partition coefficient (Wildman–Crippen LogP) is 3.75. The molecule has 1 unspecified atom stereocenters. The molecule has 4 rings (SSSR count). The van der Waals surface area contributed by atoms with Gasteiger partial charge in [-0.25, -0.2) is 19.6 Å². The number of aryl methyl sites for hydroxylation is 1. The zero-order valence-corrected chi connectivity index (χ0v) is 14.2. The summed E-state index contributed by atoms with van der Waals surface area (Å²) in [6.45, 7) is 4.13. The first kappa shape index (κ1) is 14.8. The van der Waals surface area contributed by atoms with Crippen LogP contribution in [0.4, 0.5) is 5.82 Å². The lowest BCUT2D eigenvalue weighted by Crippen LogP contribution is -2.08. The van der Waals surface area contributed by atoms with Crippen molar-refractivity contribution in [2.45, 2.75) is 19.9 Å². The van der Waals surface area contributed by atoms with Crippen LogP contribution in [0.15, 0.2) is 49.1 Å². The van der Waals surface area contributed by atoms with E-state index in [0.29, 0.717) is 0 Å². The Hall–Kier alpha value is -2.80. The molecule has 0 aliphatic rings. The molecule has 3 aromatic heterocycles. The average Bonchev–Trinajstić information content (AvgIpc) is 3.22. The molecule has 3 heterocycles. The van der Waals surface area contributed by atoms with Crippen molar-refractivity contribution >= 4 is 28.2 Å². The van der Waals surface area contributed by atoms with Crippen LogP contribution >= 0.6 is 11.3 Å². The van der Waals surface area contributed by atoms with Crippen molar-refractivity contribution in [3.8, 4) is 5.69 Å². The van der Waals surface area contributed by atoms with Crippen LogP contribution in [0.25, 0.3) is 16.7 Å². The van der Waals surface area contributed by atoms with E-state index in [-0.39, 0.29) is 6.04 Å². The van der Waals surface area contributed by atoms with Gasteiger partial charge in [0.2, 0.25) is 0 Å². The molecule has 0 aliphatic heterocycles. The second-order valence-electron chi connectivity index (χ2n) is 5.53. The number of rotatable bonds is 4. The summed E-state index contributed by atoms with van der Waals surface area (Å²) in [5, 5.41) is 9.82. The van der Waals surface area contributed by atoms with Crippen molar-refractivity contribution in [2.24, 2.45) is 0 Å². The molecule has 120 valence electrons. The normalized spacial score (nSPS) is 12.4. The van der Waals surface area contributed by atoms with Crippen LogP contribution in [-0.2, 0) is 0 Å². The first-order chi connectivity index (χ1) is 11.7. The van der Waals surface area contributed by atoms with Crippen LogP contribution < -0.4 is 5.32 Å². The van der Waals surface area contributed by atoms with E-state index in [1.54, 1.807) is 23.9 Å². The summed E-state index contributed by atoms with van der Waals surface area (Å²) in [6.07, 6.45) is 5.25. The Kier molecular flexibility index (Phi) is 3.70. The molecule has 24 heavy (non-hydrogen) atoms. The molecule has 0 bridgehead atoms. The third-order valence-electron chi connectivity index (χ3n) is 3.73. The topological polar surface area (TPSA) is 68.5 Å². The van der Waals surface area contributed by atoms with Gasteiger partial charge in [-0.15, -0.1) is 11.3 Å². The van der Waals surface area contributed by atoms with Crippen LogP contribution in [0.1, 0.15) is 22.9 Å². The van der Waals surface area contributed by atoms with E-state index in [1.165, 1.54) is 4.88 Å². The highest BCUT2D eigenvalue weighted by molar-refractivity contribution is 7.11. The van der Waals surface area contributed by atoms with E-state index in [0.717, 1.165) is 27.5 Å². The van der Waals surface area contributed by atoms with Crippen molar-refractivity contribution in [2.75, 3.05) is 5.32 Å². The SMILES string of the molecule is Cc1cnc(C(C)Nc2ncnc3c2cnn3-c2ccccc2)s1. The average molecular weight is 336 g/mol. The Morgan fingerprint density at radius 1 is 1.08 bits per heavy atom. The largest absolute Gasteiger partial charge is 0.360 e. The van der Waals surface area contributed by atoms with Crippen LogP contribution in [-0.4, -0.2) is 24.7 Å². The van der Waals surface area contributed by atoms with Crippen LogP contribution in [0, 0.1) is 6.92 Å². The number of nitrogens with one attached hydrogen (secondary N) is 1. The van der Waals surface area contributed by atoms with Gasteiger partial charge in [-0.05, 0) is 26.0 Å². The minimum Gasteiger partial charge on any atom is -0.360 e. The maximum Gasteiger partial charge on any atom is 0.168 e. The second kappa shape index (κ2) is 6.01. The highest BCUT2D eigenvalue weighted by Gasteiger charge is 2.15. The van der Waals surface area contributed by atoms with Gasteiger partial charge in [-0.3, -0.25) is 0 Å². The van der Waals surface area contributed by atoms with E-state index >= 15 is 0 Å². The molecule has 0 fully saturated rings. The molecule has 1 N–H and O–H groups in total. The third-order valence-corrected chi connectivity index (χ3v) is 4.82. The molecule has 1 atom stereocenters. The fourth-order valence-electron chi connectivity index (χ4n) is 2.56. The van der Waals surface area contributed by atoms with Gasteiger partial charge in [-0.2, -0.15) is 5.10 Å². The highest BCUT2D eigenvalue weighted by atomic mass is 32.1. The van der Waals surface area contributed by atoms with E-state index < -0.39 is 0 Å². The highest BCUT2D eigenvalue weighted by Crippen LogP contribution is 2.26.